The van der Waals surface area contributed by atoms with Gasteiger partial charge in [-0.3, -0.25) is 18.8 Å². The molecule has 0 spiro atoms. The number of carboxylic acids is 1. The number of morpholine rings is 1. The number of ether oxygens (including phenoxy) is 1. The molecular formula is C18H20Cl2N4O4S3. The first-order valence-electron chi connectivity index (χ1n) is 9.22. The molecule has 3 rings (SSSR count). The third kappa shape index (κ3) is 7.77. The van der Waals surface area contributed by atoms with Gasteiger partial charge < -0.3 is 9.84 Å². The lowest BCUT2D eigenvalue weighted by molar-refractivity contribution is -0.134. The summed E-state index contributed by atoms with van der Waals surface area (Å²) in [6, 6.07) is 5.60. The van der Waals surface area contributed by atoms with Crippen molar-refractivity contribution in [2.24, 2.45) is 0 Å². The molecule has 0 radical (unpaired) electrons. The number of aliphatic carboxylic acids is 1. The van der Waals surface area contributed by atoms with Crippen LogP contribution in [-0.4, -0.2) is 74.5 Å². The molecular weight excluding hydrogens is 503 g/mol. The van der Waals surface area contributed by atoms with Gasteiger partial charge in [-0.2, -0.15) is 0 Å². The van der Waals surface area contributed by atoms with Gasteiger partial charge in [0, 0.05) is 38.5 Å². The molecule has 1 aromatic heterocycles. The van der Waals surface area contributed by atoms with Crippen molar-refractivity contribution in [2.45, 2.75) is 28.3 Å². The molecule has 0 saturated carbocycles. The summed E-state index contributed by atoms with van der Waals surface area (Å²) >= 11 is 15.7. The number of rotatable bonds is 9. The molecule has 1 aliphatic rings. The van der Waals surface area contributed by atoms with Crippen LogP contribution in [0, 0.1) is 0 Å². The lowest BCUT2D eigenvalue weighted by atomic mass is 10.2. The Balaban J connectivity index is 1.56. The molecule has 1 amide bonds. The number of carbonyl (C=O) groups excluding carboxylic acids is 1. The summed E-state index contributed by atoms with van der Waals surface area (Å²) in [6.07, 6.45) is -0.151. The highest BCUT2D eigenvalue weighted by molar-refractivity contribution is 8.03. The Hall–Kier alpha value is -1.08. The van der Waals surface area contributed by atoms with Crippen LogP contribution in [-0.2, 0) is 20.9 Å². The van der Waals surface area contributed by atoms with Crippen LogP contribution in [0.1, 0.15) is 12.5 Å². The van der Waals surface area contributed by atoms with Crippen LogP contribution in [0.5, 0.6) is 0 Å². The van der Waals surface area contributed by atoms with Crippen molar-refractivity contribution in [1.82, 2.24) is 19.4 Å². The van der Waals surface area contributed by atoms with E-state index in [4.69, 9.17) is 33.0 Å². The van der Waals surface area contributed by atoms with Gasteiger partial charge in [-0.05, 0) is 17.7 Å². The van der Waals surface area contributed by atoms with Gasteiger partial charge in [-0.15, -0.1) is 10.2 Å². The number of amides is 1. The van der Waals surface area contributed by atoms with E-state index in [-0.39, 0.29) is 17.8 Å². The Bertz CT molecular complexity index is 933. The van der Waals surface area contributed by atoms with E-state index in [1.54, 1.807) is 10.4 Å². The van der Waals surface area contributed by atoms with E-state index < -0.39 is 5.97 Å². The molecule has 0 unspecified atom stereocenters. The fraction of sp³-hybridized carbons (Fsp3) is 0.444. The highest BCUT2D eigenvalue weighted by Gasteiger charge is 2.25. The van der Waals surface area contributed by atoms with Crippen molar-refractivity contribution in [1.29, 1.82) is 0 Å². The van der Waals surface area contributed by atoms with Crippen molar-refractivity contribution in [3.05, 3.63) is 33.8 Å². The Kier molecular flexibility index (Phi) is 9.26. The topological polar surface area (TPSA) is 95.9 Å². The van der Waals surface area contributed by atoms with Gasteiger partial charge in [0.2, 0.25) is 5.91 Å². The van der Waals surface area contributed by atoms with Crippen molar-refractivity contribution >= 4 is 70.1 Å². The average molecular weight is 523 g/mol. The van der Waals surface area contributed by atoms with E-state index in [1.165, 1.54) is 30.2 Å². The quantitative estimate of drug-likeness (QED) is 0.389. The molecule has 0 bridgehead atoms. The third-order valence-electron chi connectivity index (χ3n) is 4.23. The number of carboxylic acid groups (broad SMARTS) is 1. The van der Waals surface area contributed by atoms with Crippen LogP contribution in [0.3, 0.4) is 0 Å². The maximum Gasteiger partial charge on any atom is 0.313 e. The number of halogens is 2. The summed E-state index contributed by atoms with van der Waals surface area (Å²) in [7, 11) is 0. The van der Waals surface area contributed by atoms with Crippen LogP contribution >= 0.6 is 58.2 Å². The first-order chi connectivity index (χ1) is 14.8. The van der Waals surface area contributed by atoms with Gasteiger partial charge in [-0.1, -0.05) is 52.4 Å². The van der Waals surface area contributed by atoms with E-state index in [1.807, 2.05) is 12.1 Å². The number of thioether (sulfide) groups is 1. The number of aromatic nitrogens is 2. The molecule has 31 heavy (non-hydrogen) atoms. The normalized spacial score (nSPS) is 16.9. The Morgan fingerprint density at radius 3 is 2.81 bits per heavy atom. The SMILES string of the molecule is CC(=O)N(C[C@@H]1CN(Cc2ccc(Cl)c(Cl)c2)CCO1)Sc1nnc(SCC(=O)O)s1. The summed E-state index contributed by atoms with van der Waals surface area (Å²) < 4.78 is 8.60. The van der Waals surface area contributed by atoms with Crippen LogP contribution in [0.25, 0.3) is 0 Å². The molecule has 1 aromatic carbocycles. The Morgan fingerprint density at radius 2 is 2.10 bits per heavy atom. The maximum absolute atomic E-state index is 12.2. The average Bonchev–Trinajstić information content (AvgIpc) is 3.16. The molecule has 8 nitrogen and oxygen atoms in total. The van der Waals surface area contributed by atoms with Crippen LogP contribution in [0.2, 0.25) is 10.0 Å². The first-order valence-corrected chi connectivity index (χ1v) is 12.6. The van der Waals surface area contributed by atoms with Gasteiger partial charge in [-0.25, -0.2) is 0 Å². The Morgan fingerprint density at radius 1 is 1.32 bits per heavy atom. The molecule has 2 aromatic rings. The van der Waals surface area contributed by atoms with Crippen molar-refractivity contribution < 1.29 is 19.4 Å². The van der Waals surface area contributed by atoms with Crippen molar-refractivity contribution in [3.63, 3.8) is 0 Å². The van der Waals surface area contributed by atoms with Gasteiger partial charge in [0.15, 0.2) is 8.68 Å². The number of carbonyl (C=O) groups is 2. The molecule has 2 heterocycles. The molecule has 1 N–H and O–H groups in total. The zero-order chi connectivity index (χ0) is 22.4. The van der Waals surface area contributed by atoms with Crippen LogP contribution < -0.4 is 0 Å². The largest absolute Gasteiger partial charge is 0.481 e. The third-order valence-corrected chi connectivity index (χ3v) is 8.14. The maximum atomic E-state index is 12.2. The number of hydrogen-bond acceptors (Lipinski definition) is 9. The van der Waals surface area contributed by atoms with Crippen LogP contribution in [0.15, 0.2) is 26.9 Å². The number of nitrogens with zero attached hydrogens (tertiary/aromatic N) is 4. The lowest BCUT2D eigenvalue weighted by Crippen LogP contribution is -2.46. The summed E-state index contributed by atoms with van der Waals surface area (Å²) in [5.41, 5.74) is 1.06. The number of hydrogen-bond donors (Lipinski definition) is 1. The molecule has 13 heteroatoms. The van der Waals surface area contributed by atoms with Crippen molar-refractivity contribution in [2.75, 3.05) is 32.0 Å². The van der Waals surface area contributed by atoms with Crippen molar-refractivity contribution in [3.8, 4) is 0 Å². The fourth-order valence-electron chi connectivity index (χ4n) is 2.86. The van der Waals surface area contributed by atoms with E-state index in [0.717, 1.165) is 23.9 Å². The van der Waals surface area contributed by atoms with E-state index in [9.17, 15) is 9.59 Å². The predicted molar refractivity (Wildman–Crippen MR) is 123 cm³/mol. The highest BCUT2D eigenvalue weighted by Crippen LogP contribution is 2.31. The minimum Gasteiger partial charge on any atom is -0.481 e. The van der Waals surface area contributed by atoms with Gasteiger partial charge in [0.1, 0.15) is 0 Å². The monoisotopic (exact) mass is 522 g/mol. The molecule has 1 fully saturated rings. The standard InChI is InChI=1S/C18H20Cl2N4O4S3/c1-11(25)24(31-18-22-21-17(30-18)29-10-16(26)27)9-13-8-23(4-5-28-13)7-12-2-3-14(19)15(20)6-12/h2-3,6,13H,4-5,7-10H2,1H3,(H,26,27)/t13-/m0/s1. The zero-order valence-electron chi connectivity index (χ0n) is 16.5. The molecule has 1 saturated heterocycles. The number of benzene rings is 1. The smallest absolute Gasteiger partial charge is 0.313 e. The summed E-state index contributed by atoms with van der Waals surface area (Å²) in [4.78, 5) is 25.1. The Labute approximate surface area is 202 Å². The summed E-state index contributed by atoms with van der Waals surface area (Å²) in [5, 5.41) is 17.8. The second-order valence-electron chi connectivity index (χ2n) is 6.66. The molecule has 1 atom stereocenters. The van der Waals surface area contributed by atoms with Gasteiger partial charge >= 0.3 is 5.97 Å². The van der Waals surface area contributed by atoms with E-state index in [2.05, 4.69) is 15.1 Å². The second-order valence-corrected chi connectivity index (χ2v) is 10.9. The second kappa shape index (κ2) is 11.7. The van der Waals surface area contributed by atoms with E-state index in [0.29, 0.717) is 45.0 Å². The summed E-state index contributed by atoms with van der Waals surface area (Å²) in [5.74, 6) is -1.12. The highest BCUT2D eigenvalue weighted by atomic mass is 35.5. The zero-order valence-corrected chi connectivity index (χ0v) is 20.5. The van der Waals surface area contributed by atoms with E-state index >= 15 is 0 Å². The van der Waals surface area contributed by atoms with Gasteiger partial charge in [0.05, 0.1) is 35.1 Å². The molecule has 1 aliphatic heterocycles. The fourth-order valence-corrected chi connectivity index (χ4v) is 5.93. The minimum atomic E-state index is -0.917. The van der Waals surface area contributed by atoms with Crippen LogP contribution in [0.4, 0.5) is 0 Å². The molecule has 168 valence electrons. The minimum absolute atomic E-state index is 0.0830. The van der Waals surface area contributed by atoms with Gasteiger partial charge in [0.25, 0.3) is 0 Å². The predicted octanol–water partition coefficient (Wildman–Crippen LogP) is 3.78. The molecule has 0 aliphatic carbocycles. The lowest BCUT2D eigenvalue weighted by Gasteiger charge is -2.35. The first kappa shape index (κ1) is 24.6. The summed E-state index contributed by atoms with van der Waals surface area (Å²) in [6.45, 7) is 4.62.